The molecule has 0 aliphatic heterocycles. The first-order valence-corrected chi connectivity index (χ1v) is 4.23. The fourth-order valence-corrected chi connectivity index (χ4v) is 0.973. The molecule has 5 nitrogen and oxygen atoms in total. The van der Waals surface area contributed by atoms with Crippen LogP contribution in [0.5, 0.6) is 5.75 Å². The molecule has 0 saturated heterocycles. The summed E-state index contributed by atoms with van der Waals surface area (Å²) in [6.45, 7) is 0.200. The van der Waals surface area contributed by atoms with E-state index in [-0.39, 0.29) is 13.0 Å². The van der Waals surface area contributed by atoms with Crippen LogP contribution in [0.25, 0.3) is 0 Å². The zero-order valence-corrected chi connectivity index (χ0v) is 7.68. The maximum Gasteiger partial charge on any atom is 0.154 e. The summed E-state index contributed by atoms with van der Waals surface area (Å²) in [5.74, 6) is 0.500. The lowest BCUT2D eigenvalue weighted by atomic mass is 10.2. The van der Waals surface area contributed by atoms with Crippen molar-refractivity contribution in [3.8, 4) is 5.75 Å². The van der Waals surface area contributed by atoms with Crippen molar-refractivity contribution < 1.29 is 14.9 Å². The molecule has 0 bridgehead atoms. The first-order chi connectivity index (χ1) is 6.59. The molecule has 0 radical (unpaired) electrons. The molecule has 5 heteroatoms. The summed E-state index contributed by atoms with van der Waals surface area (Å²) in [6.07, 6.45) is -1.21. The minimum absolute atomic E-state index is 0.143. The standard InChI is InChI=1S/C9H14N2O3/c10-6-1-2-8(7(11)5-6)14-4-3-9(12)13/h1-2,5,9,12-13H,3-4,10-11H2. The van der Waals surface area contributed by atoms with Crippen LogP contribution >= 0.6 is 0 Å². The topological polar surface area (TPSA) is 102 Å². The second-order valence-corrected chi connectivity index (χ2v) is 2.92. The number of benzene rings is 1. The van der Waals surface area contributed by atoms with Gasteiger partial charge in [-0.25, -0.2) is 0 Å². The lowest BCUT2D eigenvalue weighted by Gasteiger charge is -2.09. The van der Waals surface area contributed by atoms with Crippen molar-refractivity contribution in [3.63, 3.8) is 0 Å². The summed E-state index contributed by atoms with van der Waals surface area (Å²) >= 11 is 0. The van der Waals surface area contributed by atoms with E-state index in [1.165, 1.54) is 0 Å². The van der Waals surface area contributed by atoms with Crippen molar-refractivity contribution in [1.29, 1.82) is 0 Å². The molecule has 1 aromatic rings. The van der Waals surface area contributed by atoms with Crippen LogP contribution in [0.2, 0.25) is 0 Å². The van der Waals surface area contributed by atoms with Crippen molar-refractivity contribution >= 4 is 11.4 Å². The number of hydrogen-bond donors (Lipinski definition) is 4. The molecule has 14 heavy (non-hydrogen) atoms. The largest absolute Gasteiger partial charge is 0.491 e. The van der Waals surface area contributed by atoms with Gasteiger partial charge in [-0.2, -0.15) is 0 Å². The van der Waals surface area contributed by atoms with Crippen molar-refractivity contribution in [3.05, 3.63) is 18.2 Å². The summed E-state index contributed by atoms with van der Waals surface area (Å²) < 4.78 is 5.20. The Hall–Kier alpha value is -1.46. The second-order valence-electron chi connectivity index (χ2n) is 2.92. The van der Waals surface area contributed by atoms with Gasteiger partial charge >= 0.3 is 0 Å². The molecule has 0 aromatic heterocycles. The van der Waals surface area contributed by atoms with Gasteiger partial charge in [-0.15, -0.1) is 0 Å². The highest BCUT2D eigenvalue weighted by Crippen LogP contribution is 2.23. The third-order valence-electron chi connectivity index (χ3n) is 1.67. The molecule has 1 aromatic carbocycles. The lowest BCUT2D eigenvalue weighted by Crippen LogP contribution is -2.11. The third kappa shape index (κ3) is 3.12. The van der Waals surface area contributed by atoms with Gasteiger partial charge in [0.05, 0.1) is 12.3 Å². The predicted molar refractivity (Wildman–Crippen MR) is 53.6 cm³/mol. The molecule has 0 atom stereocenters. The Morgan fingerprint density at radius 3 is 2.57 bits per heavy atom. The van der Waals surface area contributed by atoms with E-state index in [4.69, 9.17) is 26.4 Å². The fraction of sp³-hybridized carbons (Fsp3) is 0.333. The number of aliphatic hydroxyl groups excluding tert-OH is 1. The smallest absolute Gasteiger partial charge is 0.154 e. The maximum atomic E-state index is 8.57. The highest BCUT2D eigenvalue weighted by atomic mass is 16.5. The first kappa shape index (κ1) is 10.6. The van der Waals surface area contributed by atoms with Crippen LogP contribution in [-0.4, -0.2) is 23.1 Å². The van der Waals surface area contributed by atoms with E-state index in [2.05, 4.69) is 0 Å². The summed E-state index contributed by atoms with van der Waals surface area (Å²) in [7, 11) is 0. The Labute approximate surface area is 81.9 Å². The van der Waals surface area contributed by atoms with Crippen molar-refractivity contribution in [2.45, 2.75) is 12.7 Å². The predicted octanol–water partition coefficient (Wildman–Crippen LogP) is -0.0694. The van der Waals surface area contributed by atoms with Gasteiger partial charge in [-0.1, -0.05) is 0 Å². The monoisotopic (exact) mass is 198 g/mol. The fourth-order valence-electron chi connectivity index (χ4n) is 0.973. The SMILES string of the molecule is Nc1ccc(OCCC(O)O)c(N)c1. The maximum absolute atomic E-state index is 8.57. The lowest BCUT2D eigenvalue weighted by molar-refractivity contribution is -0.0519. The number of hydrogen-bond acceptors (Lipinski definition) is 5. The molecule has 6 N–H and O–H groups in total. The normalized spacial score (nSPS) is 10.5. The van der Waals surface area contributed by atoms with Crippen LogP contribution in [0.4, 0.5) is 11.4 Å². The number of anilines is 2. The molecule has 0 amide bonds. The summed E-state index contributed by atoms with van der Waals surface area (Å²) in [5.41, 5.74) is 12.1. The van der Waals surface area contributed by atoms with Crippen LogP contribution in [0.15, 0.2) is 18.2 Å². The summed E-state index contributed by atoms with van der Waals surface area (Å²) in [6, 6.07) is 4.90. The molecule has 0 aliphatic carbocycles. The third-order valence-corrected chi connectivity index (χ3v) is 1.67. The molecule has 0 unspecified atom stereocenters. The first-order valence-electron chi connectivity index (χ1n) is 4.23. The molecule has 0 heterocycles. The molecule has 0 spiro atoms. The van der Waals surface area contributed by atoms with Crippen LogP contribution < -0.4 is 16.2 Å². The van der Waals surface area contributed by atoms with Gasteiger partial charge in [0.25, 0.3) is 0 Å². The average molecular weight is 198 g/mol. The minimum Gasteiger partial charge on any atom is -0.491 e. The molecule has 78 valence electrons. The van der Waals surface area contributed by atoms with E-state index in [1.807, 2.05) is 0 Å². The van der Waals surface area contributed by atoms with Gasteiger partial charge < -0.3 is 26.4 Å². The van der Waals surface area contributed by atoms with E-state index >= 15 is 0 Å². The van der Waals surface area contributed by atoms with Crippen LogP contribution in [-0.2, 0) is 0 Å². The highest BCUT2D eigenvalue weighted by Gasteiger charge is 2.02. The van der Waals surface area contributed by atoms with Crippen LogP contribution in [0.1, 0.15) is 6.42 Å². The minimum atomic E-state index is -1.36. The molecule has 0 saturated carbocycles. The van der Waals surface area contributed by atoms with Crippen molar-refractivity contribution in [2.75, 3.05) is 18.1 Å². The highest BCUT2D eigenvalue weighted by molar-refractivity contribution is 5.60. The Balaban J connectivity index is 2.51. The molecule has 0 fully saturated rings. The number of nitrogen functional groups attached to an aromatic ring is 2. The van der Waals surface area contributed by atoms with Crippen LogP contribution in [0.3, 0.4) is 0 Å². The number of rotatable bonds is 4. The zero-order valence-electron chi connectivity index (χ0n) is 7.68. The summed E-state index contributed by atoms with van der Waals surface area (Å²) in [5, 5.41) is 17.1. The van der Waals surface area contributed by atoms with Gasteiger partial charge in [-0.05, 0) is 18.2 Å². The number of aliphatic hydroxyl groups is 2. The van der Waals surface area contributed by atoms with Gasteiger partial charge in [0.1, 0.15) is 5.75 Å². The van der Waals surface area contributed by atoms with Crippen LogP contribution in [0, 0.1) is 0 Å². The van der Waals surface area contributed by atoms with E-state index in [0.717, 1.165) is 0 Å². The van der Waals surface area contributed by atoms with E-state index in [1.54, 1.807) is 18.2 Å². The van der Waals surface area contributed by atoms with E-state index < -0.39 is 6.29 Å². The number of nitrogens with two attached hydrogens (primary N) is 2. The van der Waals surface area contributed by atoms with Gasteiger partial charge in [0.2, 0.25) is 0 Å². The molecule has 1 rings (SSSR count). The van der Waals surface area contributed by atoms with Crippen molar-refractivity contribution in [1.82, 2.24) is 0 Å². The Morgan fingerprint density at radius 2 is 2.00 bits per heavy atom. The average Bonchev–Trinajstić information content (AvgIpc) is 2.08. The zero-order chi connectivity index (χ0) is 10.6. The van der Waals surface area contributed by atoms with E-state index in [9.17, 15) is 0 Å². The summed E-state index contributed by atoms with van der Waals surface area (Å²) in [4.78, 5) is 0. The van der Waals surface area contributed by atoms with Gasteiger partial charge in [0.15, 0.2) is 6.29 Å². The Morgan fingerprint density at radius 1 is 1.29 bits per heavy atom. The Bertz CT molecular complexity index is 302. The molecular formula is C9H14N2O3. The number of ether oxygens (including phenoxy) is 1. The molecular weight excluding hydrogens is 184 g/mol. The van der Waals surface area contributed by atoms with Crippen molar-refractivity contribution in [2.24, 2.45) is 0 Å². The second kappa shape index (κ2) is 4.69. The molecule has 0 aliphatic rings. The van der Waals surface area contributed by atoms with Gasteiger partial charge in [0, 0.05) is 12.1 Å². The quantitative estimate of drug-likeness (QED) is 0.400. The van der Waals surface area contributed by atoms with E-state index in [0.29, 0.717) is 17.1 Å². The Kier molecular flexibility index (Phi) is 3.55. The van der Waals surface area contributed by atoms with Gasteiger partial charge in [-0.3, -0.25) is 0 Å².